The van der Waals surface area contributed by atoms with E-state index in [1.807, 2.05) is 0 Å². The topological polar surface area (TPSA) is 66.5 Å². The quantitative estimate of drug-likeness (QED) is 0.870. The van der Waals surface area contributed by atoms with Gasteiger partial charge in [0, 0.05) is 24.3 Å². The minimum atomic E-state index is -5.47. The summed E-state index contributed by atoms with van der Waals surface area (Å²) in [6, 6.07) is 11.3. The molecule has 1 heterocycles. The van der Waals surface area contributed by atoms with Crippen molar-refractivity contribution in [3.63, 3.8) is 0 Å². The molecule has 0 aliphatic carbocycles. The first-order valence-electron chi connectivity index (χ1n) is 7.78. The number of carbonyl (C=O) groups is 1. The molecule has 1 aliphatic rings. The Morgan fingerprint density at radius 2 is 1.65 bits per heavy atom. The third kappa shape index (κ3) is 3.39. The molecule has 2 aromatic carbocycles. The number of carbonyl (C=O) groups excluding carboxylic acids is 1. The highest BCUT2D eigenvalue weighted by atomic mass is 32.2. The molecule has 0 atom stereocenters. The van der Waals surface area contributed by atoms with Gasteiger partial charge in [-0.2, -0.15) is 13.2 Å². The summed E-state index contributed by atoms with van der Waals surface area (Å²) < 4.78 is 62.0. The van der Waals surface area contributed by atoms with Crippen LogP contribution in [-0.4, -0.2) is 26.4 Å². The van der Waals surface area contributed by atoms with E-state index in [1.165, 1.54) is 18.2 Å². The van der Waals surface area contributed by atoms with Crippen LogP contribution in [0.25, 0.3) is 0 Å². The number of alkyl halides is 3. The average Bonchev–Trinajstić information content (AvgIpc) is 3.01. The Bertz CT molecular complexity index is 925. The lowest BCUT2D eigenvalue weighted by Crippen LogP contribution is -2.24. The number of rotatable bonds is 4. The van der Waals surface area contributed by atoms with Crippen molar-refractivity contribution in [2.75, 3.05) is 16.8 Å². The normalized spacial score (nSPS) is 15.3. The first-order valence-corrected chi connectivity index (χ1v) is 9.26. The number of sulfone groups is 1. The van der Waals surface area contributed by atoms with Gasteiger partial charge in [-0.05, 0) is 42.8 Å². The Morgan fingerprint density at radius 3 is 2.23 bits per heavy atom. The zero-order chi connectivity index (χ0) is 18.9. The number of anilines is 3. The lowest BCUT2D eigenvalue weighted by molar-refractivity contribution is -0.117. The summed E-state index contributed by atoms with van der Waals surface area (Å²) in [4.78, 5) is 12.5. The minimum Gasteiger partial charge on any atom is -0.354 e. The van der Waals surface area contributed by atoms with E-state index in [0.29, 0.717) is 24.3 Å². The van der Waals surface area contributed by atoms with E-state index >= 15 is 0 Å². The Hall–Kier alpha value is -2.55. The number of para-hydroxylation sites is 1. The Balaban J connectivity index is 1.87. The third-order valence-corrected chi connectivity index (χ3v) is 5.56. The highest BCUT2D eigenvalue weighted by Crippen LogP contribution is 2.35. The van der Waals surface area contributed by atoms with E-state index in [1.54, 1.807) is 29.2 Å². The van der Waals surface area contributed by atoms with Gasteiger partial charge in [0.25, 0.3) is 9.84 Å². The summed E-state index contributed by atoms with van der Waals surface area (Å²) in [5.74, 6) is 0.0207. The summed E-state index contributed by atoms with van der Waals surface area (Å²) >= 11 is 0. The van der Waals surface area contributed by atoms with E-state index < -0.39 is 20.2 Å². The van der Waals surface area contributed by atoms with Crippen LogP contribution in [0.15, 0.2) is 53.4 Å². The Labute approximate surface area is 148 Å². The minimum absolute atomic E-state index is 0.0207. The second kappa shape index (κ2) is 6.64. The standard InChI is InChI=1S/C17H15F3N2O3S/c18-17(19,20)26(24,25)15-5-2-1-4-14(15)21-12-7-9-13(10-8-12)22-11-3-6-16(22)23/h1-2,4-5,7-10,21H,3,6,11H2. The van der Waals surface area contributed by atoms with Gasteiger partial charge in [0.15, 0.2) is 0 Å². The fourth-order valence-corrected chi connectivity index (χ4v) is 3.65. The predicted octanol–water partition coefficient (Wildman–Crippen LogP) is 3.85. The molecule has 0 unspecified atom stereocenters. The van der Waals surface area contributed by atoms with Gasteiger partial charge in [0.05, 0.1) is 10.6 Å². The molecule has 1 fully saturated rings. The van der Waals surface area contributed by atoms with Crippen molar-refractivity contribution in [2.45, 2.75) is 23.2 Å². The van der Waals surface area contributed by atoms with Crippen LogP contribution in [0.5, 0.6) is 0 Å². The van der Waals surface area contributed by atoms with Crippen molar-refractivity contribution in [2.24, 2.45) is 0 Å². The van der Waals surface area contributed by atoms with Gasteiger partial charge in [-0.25, -0.2) is 8.42 Å². The molecular weight excluding hydrogens is 369 g/mol. The Kier molecular flexibility index (Phi) is 4.66. The first kappa shape index (κ1) is 18.2. The molecule has 1 amide bonds. The van der Waals surface area contributed by atoms with Crippen molar-refractivity contribution in [1.29, 1.82) is 0 Å². The molecule has 26 heavy (non-hydrogen) atoms. The smallest absolute Gasteiger partial charge is 0.354 e. The maximum Gasteiger partial charge on any atom is 0.501 e. The lowest BCUT2D eigenvalue weighted by Gasteiger charge is -2.17. The highest BCUT2D eigenvalue weighted by Gasteiger charge is 2.47. The van der Waals surface area contributed by atoms with Crippen LogP contribution in [0.3, 0.4) is 0 Å². The SMILES string of the molecule is O=C1CCCN1c1ccc(Nc2ccccc2S(=O)(=O)C(F)(F)F)cc1. The first-order chi connectivity index (χ1) is 12.2. The van der Waals surface area contributed by atoms with Crippen LogP contribution in [0.1, 0.15) is 12.8 Å². The van der Waals surface area contributed by atoms with Gasteiger partial charge in [-0.15, -0.1) is 0 Å². The molecule has 5 nitrogen and oxygen atoms in total. The van der Waals surface area contributed by atoms with Crippen LogP contribution in [-0.2, 0) is 14.6 Å². The number of benzene rings is 2. The molecule has 1 aliphatic heterocycles. The summed E-state index contributed by atoms with van der Waals surface area (Å²) in [5, 5.41) is 2.70. The zero-order valence-electron chi connectivity index (χ0n) is 13.5. The van der Waals surface area contributed by atoms with Crippen LogP contribution in [0.2, 0.25) is 0 Å². The zero-order valence-corrected chi connectivity index (χ0v) is 14.3. The lowest BCUT2D eigenvalue weighted by atomic mass is 10.2. The number of hydrogen-bond donors (Lipinski definition) is 1. The van der Waals surface area contributed by atoms with Gasteiger partial charge in [-0.1, -0.05) is 12.1 Å². The fraction of sp³-hybridized carbons (Fsp3) is 0.235. The summed E-state index contributed by atoms with van der Waals surface area (Å²) in [5.41, 5.74) is -4.46. The monoisotopic (exact) mass is 384 g/mol. The summed E-state index contributed by atoms with van der Waals surface area (Å²) in [7, 11) is -5.47. The van der Waals surface area contributed by atoms with Crippen molar-refractivity contribution >= 4 is 32.8 Å². The van der Waals surface area contributed by atoms with E-state index in [4.69, 9.17) is 0 Å². The van der Waals surface area contributed by atoms with Crippen LogP contribution in [0, 0.1) is 0 Å². The molecular formula is C17H15F3N2O3S. The van der Waals surface area contributed by atoms with Crippen molar-refractivity contribution in [3.8, 4) is 0 Å². The van der Waals surface area contributed by atoms with Crippen molar-refractivity contribution < 1.29 is 26.4 Å². The summed E-state index contributed by atoms with van der Waals surface area (Å²) in [6.45, 7) is 0.623. The average molecular weight is 384 g/mol. The van der Waals surface area contributed by atoms with E-state index in [-0.39, 0.29) is 11.6 Å². The maximum absolute atomic E-state index is 12.8. The molecule has 0 saturated carbocycles. The second-order valence-electron chi connectivity index (χ2n) is 5.77. The molecule has 0 bridgehead atoms. The second-order valence-corrected chi connectivity index (χ2v) is 7.68. The van der Waals surface area contributed by atoms with E-state index in [2.05, 4.69) is 5.32 Å². The Morgan fingerprint density at radius 1 is 1.00 bits per heavy atom. The molecule has 138 valence electrons. The van der Waals surface area contributed by atoms with E-state index in [0.717, 1.165) is 12.5 Å². The van der Waals surface area contributed by atoms with Gasteiger partial charge < -0.3 is 10.2 Å². The predicted molar refractivity (Wildman–Crippen MR) is 91.0 cm³/mol. The molecule has 2 aromatic rings. The van der Waals surface area contributed by atoms with Crippen molar-refractivity contribution in [1.82, 2.24) is 0 Å². The summed E-state index contributed by atoms with van der Waals surface area (Å²) in [6.07, 6.45) is 1.27. The van der Waals surface area contributed by atoms with E-state index in [9.17, 15) is 26.4 Å². The molecule has 1 N–H and O–H groups in total. The van der Waals surface area contributed by atoms with Gasteiger partial charge in [0.1, 0.15) is 0 Å². The molecule has 1 saturated heterocycles. The molecule has 9 heteroatoms. The van der Waals surface area contributed by atoms with Crippen LogP contribution < -0.4 is 10.2 Å². The number of amides is 1. The molecule has 3 rings (SSSR count). The van der Waals surface area contributed by atoms with Crippen LogP contribution in [0.4, 0.5) is 30.2 Å². The number of halogens is 3. The number of hydrogen-bond acceptors (Lipinski definition) is 4. The molecule has 0 spiro atoms. The van der Waals surface area contributed by atoms with Gasteiger partial charge in [0.2, 0.25) is 5.91 Å². The maximum atomic E-state index is 12.8. The molecule has 0 radical (unpaired) electrons. The number of nitrogens with zero attached hydrogens (tertiary/aromatic N) is 1. The largest absolute Gasteiger partial charge is 0.501 e. The van der Waals surface area contributed by atoms with Crippen LogP contribution >= 0.6 is 0 Å². The fourth-order valence-electron chi connectivity index (χ4n) is 2.73. The van der Waals surface area contributed by atoms with Gasteiger partial charge in [-0.3, -0.25) is 4.79 Å². The number of nitrogens with one attached hydrogen (secondary N) is 1. The molecule has 0 aromatic heterocycles. The van der Waals surface area contributed by atoms with Gasteiger partial charge >= 0.3 is 5.51 Å². The highest BCUT2D eigenvalue weighted by molar-refractivity contribution is 7.92. The third-order valence-electron chi connectivity index (χ3n) is 4.01. The van der Waals surface area contributed by atoms with Crippen molar-refractivity contribution in [3.05, 3.63) is 48.5 Å².